The van der Waals surface area contributed by atoms with Crippen molar-refractivity contribution in [3.63, 3.8) is 0 Å². The summed E-state index contributed by atoms with van der Waals surface area (Å²) in [5.74, 6) is 1.91. The van der Waals surface area contributed by atoms with Gasteiger partial charge < -0.3 is 15.0 Å². The third-order valence-corrected chi connectivity index (χ3v) is 2.98. The van der Waals surface area contributed by atoms with Gasteiger partial charge in [-0.15, -0.1) is 0 Å². The maximum absolute atomic E-state index is 11.6. The lowest BCUT2D eigenvalue weighted by Crippen LogP contribution is -2.35. The number of aromatic nitrogens is 2. The molecule has 0 aliphatic heterocycles. The van der Waals surface area contributed by atoms with Crippen molar-refractivity contribution in [3.05, 3.63) is 11.4 Å². The van der Waals surface area contributed by atoms with Gasteiger partial charge in [0, 0.05) is 20.6 Å². The number of ether oxygens (including phenoxy) is 1. The van der Waals surface area contributed by atoms with E-state index in [9.17, 15) is 4.79 Å². The molecule has 6 nitrogen and oxygen atoms in total. The van der Waals surface area contributed by atoms with Crippen LogP contribution in [0.3, 0.4) is 0 Å². The Kier molecular flexibility index (Phi) is 5.09. The molecule has 19 heavy (non-hydrogen) atoms. The molecule has 0 saturated heterocycles. The molecule has 0 radical (unpaired) electrons. The summed E-state index contributed by atoms with van der Waals surface area (Å²) < 4.78 is 5.23. The SMILES string of the molecule is CNC(=O)[C@@H](C)CN(C)c1nc(C)nc(OC)c1C. The Bertz CT molecular complexity index is 462. The number of nitrogens with zero attached hydrogens (tertiary/aromatic N) is 3. The van der Waals surface area contributed by atoms with E-state index < -0.39 is 0 Å². The van der Waals surface area contributed by atoms with E-state index in [4.69, 9.17) is 4.74 Å². The fourth-order valence-corrected chi connectivity index (χ4v) is 1.99. The summed E-state index contributed by atoms with van der Waals surface area (Å²) >= 11 is 0. The number of nitrogens with one attached hydrogen (secondary N) is 1. The van der Waals surface area contributed by atoms with Gasteiger partial charge in [-0.3, -0.25) is 4.79 Å². The van der Waals surface area contributed by atoms with Gasteiger partial charge in [0.15, 0.2) is 0 Å². The summed E-state index contributed by atoms with van der Waals surface area (Å²) in [6.07, 6.45) is 0. The van der Waals surface area contributed by atoms with E-state index >= 15 is 0 Å². The van der Waals surface area contributed by atoms with E-state index in [1.54, 1.807) is 14.2 Å². The summed E-state index contributed by atoms with van der Waals surface area (Å²) in [4.78, 5) is 22.2. The predicted octanol–water partition coefficient (Wildman–Crippen LogP) is 0.920. The number of carbonyl (C=O) groups is 1. The normalized spacial score (nSPS) is 11.9. The zero-order valence-corrected chi connectivity index (χ0v) is 12.4. The van der Waals surface area contributed by atoms with E-state index in [1.807, 2.05) is 32.7 Å². The molecule has 6 heteroatoms. The topological polar surface area (TPSA) is 67.4 Å². The largest absolute Gasteiger partial charge is 0.481 e. The third kappa shape index (κ3) is 3.56. The van der Waals surface area contributed by atoms with Gasteiger partial charge in [0.2, 0.25) is 11.8 Å². The number of hydrogen-bond acceptors (Lipinski definition) is 5. The molecular formula is C13H22N4O2. The average Bonchev–Trinajstić information content (AvgIpc) is 2.39. The van der Waals surface area contributed by atoms with Gasteiger partial charge in [0.25, 0.3) is 0 Å². The smallest absolute Gasteiger partial charge is 0.224 e. The molecule has 0 aliphatic carbocycles. The van der Waals surface area contributed by atoms with Crippen LogP contribution in [0, 0.1) is 19.8 Å². The average molecular weight is 266 g/mol. The molecule has 0 bridgehead atoms. The van der Waals surface area contributed by atoms with Crippen molar-refractivity contribution in [2.75, 3.05) is 32.6 Å². The molecule has 1 N–H and O–H groups in total. The lowest BCUT2D eigenvalue weighted by atomic mass is 10.1. The Balaban J connectivity index is 2.96. The molecule has 1 heterocycles. The van der Waals surface area contributed by atoms with Crippen molar-refractivity contribution in [2.24, 2.45) is 5.92 Å². The second-order valence-electron chi connectivity index (χ2n) is 4.62. The lowest BCUT2D eigenvalue weighted by Gasteiger charge is -2.24. The molecular weight excluding hydrogens is 244 g/mol. The van der Waals surface area contributed by atoms with Crippen molar-refractivity contribution in [3.8, 4) is 5.88 Å². The number of amides is 1. The van der Waals surface area contributed by atoms with Crippen LogP contribution in [0.2, 0.25) is 0 Å². The van der Waals surface area contributed by atoms with Crippen molar-refractivity contribution in [1.82, 2.24) is 15.3 Å². The molecule has 0 fully saturated rings. The number of methoxy groups -OCH3 is 1. The van der Waals surface area contributed by atoms with Gasteiger partial charge in [-0.1, -0.05) is 6.92 Å². The Hall–Kier alpha value is -1.85. The Morgan fingerprint density at radius 3 is 2.58 bits per heavy atom. The summed E-state index contributed by atoms with van der Waals surface area (Å²) in [5, 5.41) is 2.65. The van der Waals surface area contributed by atoms with Gasteiger partial charge in [0.1, 0.15) is 11.6 Å². The highest BCUT2D eigenvalue weighted by atomic mass is 16.5. The number of aryl methyl sites for hydroxylation is 1. The predicted molar refractivity (Wildman–Crippen MR) is 74.6 cm³/mol. The van der Waals surface area contributed by atoms with E-state index in [0.29, 0.717) is 18.2 Å². The summed E-state index contributed by atoms with van der Waals surface area (Å²) in [7, 11) is 5.14. The molecule has 1 aromatic heterocycles. The van der Waals surface area contributed by atoms with Crippen LogP contribution >= 0.6 is 0 Å². The van der Waals surface area contributed by atoms with Gasteiger partial charge in [-0.05, 0) is 13.8 Å². The first kappa shape index (κ1) is 15.2. The minimum atomic E-state index is -0.115. The van der Waals surface area contributed by atoms with Crippen LogP contribution in [0.5, 0.6) is 5.88 Å². The van der Waals surface area contributed by atoms with Crippen LogP contribution in [0.1, 0.15) is 18.3 Å². The number of anilines is 1. The second kappa shape index (κ2) is 6.36. The first-order valence-corrected chi connectivity index (χ1v) is 6.22. The highest BCUT2D eigenvalue weighted by Crippen LogP contribution is 2.24. The molecule has 1 atom stereocenters. The van der Waals surface area contributed by atoms with E-state index in [0.717, 1.165) is 11.4 Å². The zero-order valence-electron chi connectivity index (χ0n) is 12.4. The van der Waals surface area contributed by atoms with Crippen LogP contribution in [0.4, 0.5) is 5.82 Å². The number of hydrogen-bond donors (Lipinski definition) is 1. The van der Waals surface area contributed by atoms with E-state index in [1.165, 1.54) is 0 Å². The lowest BCUT2D eigenvalue weighted by molar-refractivity contribution is -0.123. The third-order valence-electron chi connectivity index (χ3n) is 2.98. The van der Waals surface area contributed by atoms with Crippen LogP contribution < -0.4 is 15.0 Å². The molecule has 0 spiro atoms. The van der Waals surface area contributed by atoms with Gasteiger partial charge in [-0.2, -0.15) is 4.98 Å². The van der Waals surface area contributed by atoms with E-state index in [-0.39, 0.29) is 11.8 Å². The second-order valence-corrected chi connectivity index (χ2v) is 4.62. The van der Waals surface area contributed by atoms with Gasteiger partial charge >= 0.3 is 0 Å². The van der Waals surface area contributed by atoms with Gasteiger partial charge in [-0.25, -0.2) is 4.98 Å². The fraction of sp³-hybridized carbons (Fsp3) is 0.615. The van der Waals surface area contributed by atoms with Crippen molar-refractivity contribution in [2.45, 2.75) is 20.8 Å². The molecule has 0 unspecified atom stereocenters. The molecule has 1 amide bonds. The van der Waals surface area contributed by atoms with Gasteiger partial charge in [0.05, 0.1) is 18.6 Å². The monoisotopic (exact) mass is 266 g/mol. The first-order chi connectivity index (χ1) is 8.90. The molecule has 0 saturated carbocycles. The molecule has 0 aliphatic rings. The van der Waals surface area contributed by atoms with Crippen molar-refractivity contribution >= 4 is 11.7 Å². The summed E-state index contributed by atoms with van der Waals surface area (Å²) in [6, 6.07) is 0. The van der Waals surface area contributed by atoms with Crippen LogP contribution in [-0.2, 0) is 4.79 Å². The molecule has 0 aromatic carbocycles. The maximum atomic E-state index is 11.6. The number of carbonyl (C=O) groups excluding carboxylic acids is 1. The first-order valence-electron chi connectivity index (χ1n) is 6.22. The Labute approximate surface area is 114 Å². The van der Waals surface area contributed by atoms with Crippen molar-refractivity contribution in [1.29, 1.82) is 0 Å². The van der Waals surface area contributed by atoms with E-state index in [2.05, 4.69) is 15.3 Å². The quantitative estimate of drug-likeness (QED) is 0.858. The molecule has 1 rings (SSSR count). The Morgan fingerprint density at radius 1 is 1.42 bits per heavy atom. The summed E-state index contributed by atoms with van der Waals surface area (Å²) in [6.45, 7) is 6.20. The minimum absolute atomic E-state index is 0.0160. The van der Waals surface area contributed by atoms with Crippen LogP contribution in [0.15, 0.2) is 0 Å². The van der Waals surface area contributed by atoms with Crippen LogP contribution in [0.25, 0.3) is 0 Å². The van der Waals surface area contributed by atoms with Crippen LogP contribution in [-0.4, -0.2) is 43.6 Å². The summed E-state index contributed by atoms with van der Waals surface area (Å²) in [5.41, 5.74) is 0.875. The highest BCUT2D eigenvalue weighted by Gasteiger charge is 2.18. The van der Waals surface area contributed by atoms with Crippen molar-refractivity contribution < 1.29 is 9.53 Å². The number of rotatable bonds is 5. The highest BCUT2D eigenvalue weighted by molar-refractivity contribution is 5.78. The molecule has 1 aromatic rings. The Morgan fingerprint density at radius 2 is 2.05 bits per heavy atom. The standard InChI is InChI=1S/C13H22N4O2/c1-8(12(18)14-4)7-17(5)11-9(2)13(19-6)16-10(3)15-11/h8H,7H2,1-6H3,(H,14,18)/t8-/m0/s1. The zero-order chi connectivity index (χ0) is 14.6. The fourth-order valence-electron chi connectivity index (χ4n) is 1.99. The minimum Gasteiger partial charge on any atom is -0.481 e. The molecule has 106 valence electrons. The maximum Gasteiger partial charge on any atom is 0.224 e.